The van der Waals surface area contributed by atoms with E-state index in [-0.39, 0.29) is 5.92 Å². The molecule has 0 saturated carbocycles. The van der Waals surface area contributed by atoms with Gasteiger partial charge in [-0.25, -0.2) is 9.37 Å². The Morgan fingerprint density at radius 2 is 2.22 bits per heavy atom. The molecule has 0 radical (unpaired) electrons. The van der Waals surface area contributed by atoms with Gasteiger partial charge in [0.1, 0.15) is 10.6 Å². The van der Waals surface area contributed by atoms with Gasteiger partial charge >= 0.3 is 0 Å². The topological polar surface area (TPSA) is 71.2 Å². The summed E-state index contributed by atoms with van der Waals surface area (Å²) in [4.78, 5) is 3.89. The Morgan fingerprint density at radius 1 is 1.61 bits per heavy atom. The molecule has 0 bridgehead atoms. The molecule has 0 spiro atoms. The number of halogens is 1. The van der Waals surface area contributed by atoms with Gasteiger partial charge in [-0.15, -0.1) is 0 Å². The molecule has 4 nitrogen and oxygen atoms in total. The number of nitrogens with zero attached hydrogens (tertiary/aromatic N) is 1. The van der Waals surface area contributed by atoms with Gasteiger partial charge in [0.2, 0.25) is 5.88 Å². The lowest BCUT2D eigenvalue weighted by Gasteiger charge is -2.27. The van der Waals surface area contributed by atoms with Crippen molar-refractivity contribution in [3.63, 3.8) is 0 Å². The highest BCUT2D eigenvalue weighted by Gasteiger charge is 2.33. The number of nitrogens with two attached hydrogens (primary N) is 1. The van der Waals surface area contributed by atoms with E-state index in [4.69, 9.17) is 9.88 Å². The third kappa shape index (κ3) is 3.57. The average molecular weight is 274 g/mol. The Balaban J connectivity index is 2.96. The Kier molecular flexibility index (Phi) is 4.95. The molecule has 0 fully saturated rings. The van der Waals surface area contributed by atoms with Gasteiger partial charge < -0.3 is 9.29 Å². The van der Waals surface area contributed by atoms with Gasteiger partial charge in [0.15, 0.2) is 0 Å². The Labute approximate surface area is 110 Å². The van der Waals surface area contributed by atoms with Crippen molar-refractivity contribution in [3.05, 3.63) is 23.6 Å². The lowest BCUT2D eigenvalue weighted by Crippen LogP contribution is -2.38. The van der Waals surface area contributed by atoms with Crippen LogP contribution in [0.1, 0.15) is 38.7 Å². The van der Waals surface area contributed by atoms with Crippen molar-refractivity contribution in [1.29, 1.82) is 0 Å². The highest BCUT2D eigenvalue weighted by atomic mass is 32.2. The van der Waals surface area contributed by atoms with E-state index in [2.05, 4.69) is 4.98 Å². The van der Waals surface area contributed by atoms with Gasteiger partial charge in [0, 0.05) is 23.3 Å². The molecule has 2 N–H and O–H groups in total. The molecule has 1 rings (SSSR count). The van der Waals surface area contributed by atoms with Crippen LogP contribution in [0.4, 0.5) is 4.39 Å². The monoisotopic (exact) mass is 274 g/mol. The molecule has 0 saturated heterocycles. The van der Waals surface area contributed by atoms with E-state index in [0.29, 0.717) is 17.9 Å². The van der Waals surface area contributed by atoms with Crippen LogP contribution in [0.5, 0.6) is 5.88 Å². The van der Waals surface area contributed by atoms with Gasteiger partial charge in [-0.1, -0.05) is 6.92 Å². The first-order chi connectivity index (χ1) is 8.27. The fourth-order valence-corrected chi connectivity index (χ4v) is 2.31. The summed E-state index contributed by atoms with van der Waals surface area (Å²) < 4.78 is 29.2. The van der Waals surface area contributed by atoms with E-state index < -0.39 is 21.9 Å². The maximum absolute atomic E-state index is 13.2. The number of methoxy groups -OCH3 is 1. The van der Waals surface area contributed by atoms with E-state index in [0.717, 1.165) is 6.20 Å². The minimum atomic E-state index is -1.44. The Morgan fingerprint density at radius 3 is 2.72 bits per heavy atom. The first-order valence-corrected chi connectivity index (χ1v) is 6.85. The first kappa shape index (κ1) is 15.2. The van der Waals surface area contributed by atoms with Crippen molar-refractivity contribution in [2.75, 3.05) is 7.11 Å². The van der Waals surface area contributed by atoms with Gasteiger partial charge in [-0.2, -0.15) is 5.14 Å². The van der Waals surface area contributed by atoms with Gasteiger partial charge in [0.25, 0.3) is 0 Å². The van der Waals surface area contributed by atoms with Crippen LogP contribution >= 0.6 is 0 Å². The highest BCUT2D eigenvalue weighted by molar-refractivity contribution is 7.90. The molecule has 0 aliphatic carbocycles. The van der Waals surface area contributed by atoms with Crippen LogP contribution in [0.2, 0.25) is 0 Å². The minimum absolute atomic E-state index is 0.0503. The first-order valence-electron chi connectivity index (χ1n) is 5.63. The second-order valence-electron chi connectivity index (χ2n) is 4.91. The number of ether oxygens (including phenoxy) is 1. The molecule has 1 aromatic rings. The number of rotatable bonds is 5. The van der Waals surface area contributed by atoms with Crippen LogP contribution in [-0.4, -0.2) is 21.4 Å². The lowest BCUT2D eigenvalue weighted by molar-refractivity contribution is 0.382. The van der Waals surface area contributed by atoms with Crippen LogP contribution in [0.3, 0.4) is 0 Å². The van der Waals surface area contributed by atoms with Crippen LogP contribution in [0.25, 0.3) is 0 Å². The minimum Gasteiger partial charge on any atom is -0.598 e. The summed E-state index contributed by atoms with van der Waals surface area (Å²) in [6.07, 6.45) is 1.67. The van der Waals surface area contributed by atoms with Crippen LogP contribution in [0.15, 0.2) is 12.3 Å². The molecule has 1 aromatic heterocycles. The third-order valence-corrected chi connectivity index (χ3v) is 4.17. The van der Waals surface area contributed by atoms with E-state index in [9.17, 15) is 8.94 Å². The molecule has 0 amide bonds. The molecule has 2 atom stereocenters. The highest BCUT2D eigenvalue weighted by Crippen LogP contribution is 2.33. The summed E-state index contributed by atoms with van der Waals surface area (Å²) in [5.74, 6) is -0.0718. The molecule has 0 aromatic carbocycles. The standard InChI is InChI=1S/C12H19FN2O2S/c1-8(6-12(2,3)18(14)16)10-5-9(13)7-15-11(10)17-4/h5,7-8H,6,14H2,1-4H3/t8-,18?/m1/s1. The lowest BCUT2D eigenvalue weighted by atomic mass is 9.92. The Bertz CT molecular complexity index is 413. The Hall–Kier alpha value is -0.850. The van der Waals surface area contributed by atoms with E-state index in [1.165, 1.54) is 13.2 Å². The zero-order valence-electron chi connectivity index (χ0n) is 11.1. The van der Waals surface area contributed by atoms with Crippen LogP contribution < -0.4 is 9.88 Å². The number of aromatic nitrogens is 1. The molecule has 1 unspecified atom stereocenters. The van der Waals surface area contributed by atoms with Gasteiger partial charge in [0.05, 0.1) is 13.3 Å². The zero-order chi connectivity index (χ0) is 13.9. The van der Waals surface area contributed by atoms with Gasteiger partial charge in [-0.3, -0.25) is 0 Å². The summed E-state index contributed by atoms with van der Waals surface area (Å²) >= 11 is -1.44. The predicted molar refractivity (Wildman–Crippen MR) is 70.2 cm³/mol. The third-order valence-electron chi connectivity index (χ3n) is 2.91. The van der Waals surface area contributed by atoms with Crippen molar-refractivity contribution in [2.24, 2.45) is 5.14 Å². The summed E-state index contributed by atoms with van der Waals surface area (Å²) in [6.45, 7) is 5.55. The van der Waals surface area contributed by atoms with Crippen LogP contribution in [-0.2, 0) is 11.4 Å². The van der Waals surface area contributed by atoms with Crippen molar-refractivity contribution in [3.8, 4) is 5.88 Å². The smallest absolute Gasteiger partial charge is 0.216 e. The fraction of sp³-hybridized carbons (Fsp3) is 0.583. The summed E-state index contributed by atoms with van der Waals surface area (Å²) in [7, 11) is 1.49. The maximum Gasteiger partial charge on any atom is 0.216 e. The molecule has 1 heterocycles. The quantitative estimate of drug-likeness (QED) is 0.835. The molecule has 6 heteroatoms. The second-order valence-corrected chi connectivity index (χ2v) is 6.61. The summed E-state index contributed by atoms with van der Waals surface area (Å²) in [6, 6.07) is 1.39. The van der Waals surface area contributed by atoms with Gasteiger partial charge in [-0.05, 0) is 25.8 Å². The van der Waals surface area contributed by atoms with Crippen LogP contribution in [0, 0.1) is 5.82 Å². The molecular formula is C12H19FN2O2S. The molecular weight excluding hydrogens is 255 g/mol. The number of pyridine rings is 1. The summed E-state index contributed by atoms with van der Waals surface area (Å²) in [5, 5.41) is 5.45. The molecule has 18 heavy (non-hydrogen) atoms. The predicted octanol–water partition coefficient (Wildman–Crippen LogP) is 2.12. The largest absolute Gasteiger partial charge is 0.598 e. The maximum atomic E-state index is 13.2. The van der Waals surface area contributed by atoms with Crippen molar-refractivity contribution >= 4 is 11.4 Å². The summed E-state index contributed by atoms with van der Waals surface area (Å²) in [5.41, 5.74) is 0.663. The molecule has 102 valence electrons. The van der Waals surface area contributed by atoms with E-state index in [1.807, 2.05) is 20.8 Å². The average Bonchev–Trinajstić information content (AvgIpc) is 2.28. The SMILES string of the molecule is COc1ncc(F)cc1[C@H](C)CC(C)(C)[S+](N)[O-]. The van der Waals surface area contributed by atoms with E-state index in [1.54, 1.807) is 0 Å². The zero-order valence-corrected chi connectivity index (χ0v) is 11.9. The van der Waals surface area contributed by atoms with Crippen molar-refractivity contribution in [2.45, 2.75) is 37.9 Å². The number of hydrogen-bond acceptors (Lipinski definition) is 4. The normalized spacial score (nSPS) is 15.3. The molecule has 0 aliphatic heterocycles. The van der Waals surface area contributed by atoms with E-state index >= 15 is 0 Å². The fourth-order valence-electron chi connectivity index (χ4n) is 1.90. The van der Waals surface area contributed by atoms with Crippen molar-refractivity contribution < 1.29 is 13.7 Å². The molecule has 0 aliphatic rings. The van der Waals surface area contributed by atoms with Crippen molar-refractivity contribution in [1.82, 2.24) is 4.98 Å². The second kappa shape index (κ2) is 5.86. The number of hydrogen-bond donors (Lipinski definition) is 1.